The van der Waals surface area contributed by atoms with Crippen LogP contribution >= 0.6 is 0 Å². The van der Waals surface area contributed by atoms with Gasteiger partial charge in [-0.3, -0.25) is 14.3 Å². The zero-order valence-corrected chi connectivity index (χ0v) is 25.5. The lowest BCUT2D eigenvalue weighted by Crippen LogP contribution is -2.67. The van der Waals surface area contributed by atoms with Crippen molar-refractivity contribution in [1.82, 2.24) is 9.55 Å². The summed E-state index contributed by atoms with van der Waals surface area (Å²) < 4.78 is 21.5. The largest absolute Gasteiger partial charge is 0.410 e. The van der Waals surface area contributed by atoms with E-state index in [0.717, 1.165) is 0 Å². The van der Waals surface area contributed by atoms with Crippen molar-refractivity contribution >= 4 is 27.0 Å². The minimum Gasteiger partial charge on any atom is -0.410 e. The molecule has 4 rings (SSSR count). The summed E-state index contributed by atoms with van der Waals surface area (Å²) in [6.07, 6.45) is 0.540. The number of nitrogens with zero attached hydrogens (tertiary/aromatic N) is 1. The maximum atomic E-state index is 12.8. The van der Waals surface area contributed by atoms with Crippen LogP contribution in [0.3, 0.4) is 0 Å². The number of aryl methyl sites for hydroxylation is 1. The van der Waals surface area contributed by atoms with E-state index >= 15 is 0 Å². The maximum absolute atomic E-state index is 12.8. The van der Waals surface area contributed by atoms with Crippen LogP contribution in [0.15, 0.2) is 76.4 Å². The Hall–Kier alpha value is -2.57. The zero-order chi connectivity index (χ0) is 27.7. The highest BCUT2D eigenvalue weighted by Gasteiger charge is 2.52. The zero-order valence-electron chi connectivity index (χ0n) is 23.5. The summed E-state index contributed by atoms with van der Waals surface area (Å²) in [7, 11) is -4.78. The molecule has 1 saturated heterocycles. The Labute approximate surface area is 227 Å². The molecule has 0 spiro atoms. The van der Waals surface area contributed by atoms with Crippen LogP contribution < -0.4 is 21.6 Å². The molecule has 3 aromatic rings. The Balaban J connectivity index is 1.74. The first-order valence-electron chi connectivity index (χ1n) is 13.2. The lowest BCUT2D eigenvalue weighted by molar-refractivity contribution is -0.00789. The predicted molar refractivity (Wildman–Crippen MR) is 156 cm³/mol. The van der Waals surface area contributed by atoms with Gasteiger partial charge in [0.1, 0.15) is 0 Å². The van der Waals surface area contributed by atoms with Gasteiger partial charge >= 0.3 is 5.69 Å². The van der Waals surface area contributed by atoms with Crippen LogP contribution in [0.5, 0.6) is 0 Å². The number of hydrogen-bond acceptors (Lipinski definition) is 5. The van der Waals surface area contributed by atoms with E-state index in [9.17, 15) is 9.59 Å². The van der Waals surface area contributed by atoms with Gasteiger partial charge in [0, 0.05) is 24.3 Å². The highest BCUT2D eigenvalue weighted by Crippen LogP contribution is 2.39. The molecule has 0 unspecified atom stereocenters. The molecule has 204 valence electrons. The van der Waals surface area contributed by atoms with Gasteiger partial charge in [-0.2, -0.15) is 0 Å². The second kappa shape index (κ2) is 10.9. The summed E-state index contributed by atoms with van der Waals surface area (Å²) in [5.74, 6) is -0.0903. The van der Waals surface area contributed by atoms with Crippen LogP contribution in [-0.4, -0.2) is 45.5 Å². The second-order valence-corrected chi connectivity index (χ2v) is 20.9. The molecular formula is C29H40N2O5Si2. The molecule has 7 nitrogen and oxygen atoms in total. The fraction of sp³-hybridized carbons (Fsp3) is 0.448. The Morgan fingerprint density at radius 3 is 2.03 bits per heavy atom. The van der Waals surface area contributed by atoms with Crippen molar-refractivity contribution in [1.29, 1.82) is 0 Å². The van der Waals surface area contributed by atoms with Crippen LogP contribution in [0, 0.1) is 12.8 Å². The molecule has 2 heterocycles. The van der Waals surface area contributed by atoms with Crippen molar-refractivity contribution < 1.29 is 13.6 Å². The molecule has 9 heteroatoms. The molecule has 0 saturated carbocycles. The van der Waals surface area contributed by atoms with Crippen molar-refractivity contribution in [2.24, 2.45) is 5.92 Å². The van der Waals surface area contributed by atoms with Crippen LogP contribution in [0.2, 0.25) is 24.7 Å². The molecule has 1 fully saturated rings. The fourth-order valence-corrected chi connectivity index (χ4v) is 11.1. The van der Waals surface area contributed by atoms with Crippen LogP contribution in [-0.2, 0) is 13.6 Å². The first-order valence-corrected chi connectivity index (χ1v) is 18.5. The third kappa shape index (κ3) is 5.72. The van der Waals surface area contributed by atoms with E-state index in [1.165, 1.54) is 14.9 Å². The van der Waals surface area contributed by atoms with Gasteiger partial charge in [-0.05, 0) is 42.0 Å². The Bertz CT molecular complexity index is 1300. The number of rotatable bonds is 8. The smallest absolute Gasteiger partial charge is 0.330 e. The molecule has 1 aliphatic rings. The summed E-state index contributed by atoms with van der Waals surface area (Å²) in [6, 6.07) is 21.1. The number of H-pyrrole nitrogens is 1. The quantitative estimate of drug-likeness (QED) is 0.430. The van der Waals surface area contributed by atoms with Crippen molar-refractivity contribution in [2.45, 2.75) is 64.7 Å². The lowest BCUT2D eigenvalue weighted by atomic mass is 10.1. The van der Waals surface area contributed by atoms with Gasteiger partial charge < -0.3 is 13.6 Å². The fourth-order valence-electron chi connectivity index (χ4n) is 5.36. The van der Waals surface area contributed by atoms with Crippen LogP contribution in [0.25, 0.3) is 0 Å². The van der Waals surface area contributed by atoms with Gasteiger partial charge in [0.25, 0.3) is 13.9 Å². The predicted octanol–water partition coefficient (Wildman–Crippen LogP) is 3.79. The summed E-state index contributed by atoms with van der Waals surface area (Å²) in [4.78, 5) is 27.2. The third-order valence-corrected chi connectivity index (χ3v) is 13.1. The molecule has 1 N–H and O–H groups in total. The Kier molecular flexibility index (Phi) is 8.16. The first kappa shape index (κ1) is 28.4. The van der Waals surface area contributed by atoms with Crippen molar-refractivity contribution in [2.75, 3.05) is 13.2 Å². The van der Waals surface area contributed by atoms with Crippen LogP contribution in [0.4, 0.5) is 0 Å². The van der Waals surface area contributed by atoms with Crippen molar-refractivity contribution in [3.63, 3.8) is 0 Å². The molecule has 2 aromatic carbocycles. The number of hydrogen-bond donors (Lipinski definition) is 1. The molecule has 0 amide bonds. The van der Waals surface area contributed by atoms with Crippen molar-refractivity contribution in [3.8, 4) is 0 Å². The van der Waals surface area contributed by atoms with E-state index < -0.39 is 34.1 Å². The van der Waals surface area contributed by atoms with Crippen LogP contribution in [0.1, 0.15) is 32.6 Å². The summed E-state index contributed by atoms with van der Waals surface area (Å²) in [5, 5.41) is 2.27. The highest BCUT2D eigenvalue weighted by atomic mass is 28.4. The molecule has 3 atom stereocenters. The Morgan fingerprint density at radius 1 is 0.974 bits per heavy atom. The molecule has 1 aliphatic heterocycles. The van der Waals surface area contributed by atoms with Gasteiger partial charge in [-0.25, -0.2) is 4.79 Å². The summed E-state index contributed by atoms with van der Waals surface area (Å²) in [5.41, 5.74) is -0.436. The van der Waals surface area contributed by atoms with Gasteiger partial charge in [-0.15, -0.1) is 0 Å². The normalized spacial score (nSPS) is 20.6. The molecule has 38 heavy (non-hydrogen) atoms. The topological polar surface area (TPSA) is 82.6 Å². The number of aromatic nitrogens is 2. The maximum Gasteiger partial charge on any atom is 0.330 e. The van der Waals surface area contributed by atoms with E-state index in [1.807, 2.05) is 12.1 Å². The van der Waals surface area contributed by atoms with Gasteiger partial charge in [0.2, 0.25) is 0 Å². The third-order valence-electron chi connectivity index (χ3n) is 7.07. The number of ether oxygens (including phenoxy) is 1. The Morgan fingerprint density at radius 2 is 1.53 bits per heavy atom. The summed E-state index contributed by atoms with van der Waals surface area (Å²) >= 11 is 0. The van der Waals surface area contributed by atoms with E-state index in [4.69, 9.17) is 13.6 Å². The van der Waals surface area contributed by atoms with Gasteiger partial charge in [0.15, 0.2) is 14.5 Å². The second-order valence-electron chi connectivity index (χ2n) is 12.1. The average molecular weight is 553 g/mol. The van der Waals surface area contributed by atoms with E-state index in [-0.39, 0.29) is 17.1 Å². The molecule has 0 bridgehead atoms. The van der Waals surface area contributed by atoms with Gasteiger partial charge in [-0.1, -0.05) is 81.4 Å². The highest BCUT2D eigenvalue weighted by molar-refractivity contribution is 6.99. The van der Waals surface area contributed by atoms with E-state index in [1.54, 1.807) is 13.1 Å². The number of aromatic amines is 1. The lowest BCUT2D eigenvalue weighted by Gasteiger charge is -2.44. The van der Waals surface area contributed by atoms with Crippen molar-refractivity contribution in [3.05, 3.63) is 93.3 Å². The summed E-state index contributed by atoms with van der Waals surface area (Å²) in [6.45, 7) is 15.7. The molecule has 0 aliphatic carbocycles. The van der Waals surface area contributed by atoms with E-state index in [2.05, 4.69) is 93.9 Å². The van der Waals surface area contributed by atoms with E-state index in [0.29, 0.717) is 18.8 Å². The standard InChI is InChI=1S/C29H40N2O5Si2/c1-21-18-31(28(33)30-26(21)32)27-25(36-37(5,6)7)22(19-34-27)20-35-38(29(2,3)4,23-14-10-8-11-15-23)24-16-12-9-13-17-24/h8-18,22,25,27H,19-20H2,1-7H3,(H,30,32,33)/t22-,25-,27-/m1/s1. The number of nitrogens with one attached hydrogen (secondary N) is 1. The average Bonchev–Trinajstić information content (AvgIpc) is 3.23. The molecule has 1 aromatic heterocycles. The van der Waals surface area contributed by atoms with Gasteiger partial charge in [0.05, 0.1) is 12.7 Å². The molecule has 0 radical (unpaired) electrons. The minimum absolute atomic E-state index is 0.0903. The SMILES string of the molecule is Cc1cn([C@@H]2OC[C@H](CO[Si](c3ccccc3)(c3ccccc3)C(C)(C)C)[C@H]2O[Si](C)(C)C)c(=O)[nH]c1=O. The molecular weight excluding hydrogens is 513 g/mol. The first-order chi connectivity index (χ1) is 17.8. The minimum atomic E-state index is -2.75. The monoisotopic (exact) mass is 552 g/mol. The number of benzene rings is 2.